The zero-order valence-electron chi connectivity index (χ0n) is 6.65. The van der Waals surface area contributed by atoms with Gasteiger partial charge in [-0.05, 0) is 0 Å². The summed E-state index contributed by atoms with van der Waals surface area (Å²) in [5.41, 5.74) is 0. The second-order valence-corrected chi connectivity index (χ2v) is 3.08. The van der Waals surface area contributed by atoms with E-state index in [0.29, 0.717) is 0 Å². The molecular weight excluding hydrogens is 195 g/mol. The van der Waals surface area contributed by atoms with Crippen molar-refractivity contribution in [3.8, 4) is 0 Å². The Bertz CT molecular complexity index is 245. The van der Waals surface area contributed by atoms with Crippen LogP contribution in [0.5, 0.6) is 0 Å². The zero-order valence-corrected chi connectivity index (χ0v) is 9.46. The van der Waals surface area contributed by atoms with E-state index in [1.807, 2.05) is 0 Å². The van der Waals surface area contributed by atoms with Crippen molar-refractivity contribution in [1.82, 2.24) is 0 Å². The van der Waals surface area contributed by atoms with Crippen LogP contribution in [0.1, 0.15) is 0 Å². The number of ether oxygens (including phenoxy) is 1. The maximum Gasteiger partial charge on any atom is 1.00 e. The van der Waals surface area contributed by atoms with Crippen LogP contribution in [0.2, 0.25) is 0 Å². The first kappa shape index (κ1) is 14.6. The van der Waals surface area contributed by atoms with E-state index in [-0.39, 0.29) is 36.2 Å². The van der Waals surface area contributed by atoms with Crippen LogP contribution in [0, 0.1) is 0 Å². The van der Waals surface area contributed by atoms with E-state index in [0.717, 1.165) is 0 Å². The van der Waals surface area contributed by atoms with Gasteiger partial charge in [-0.15, -0.1) is 0 Å². The van der Waals surface area contributed by atoms with Crippen LogP contribution in [0.15, 0.2) is 12.7 Å². The molecule has 0 unspecified atom stereocenters. The summed E-state index contributed by atoms with van der Waals surface area (Å²) in [5.74, 6) is -2.18. The predicted octanol–water partition coefficient (Wildman–Crippen LogP) is -3.74. The van der Waals surface area contributed by atoms with Crippen molar-refractivity contribution in [2.45, 2.75) is 0 Å². The van der Waals surface area contributed by atoms with Gasteiger partial charge in [-0.1, -0.05) is 12.7 Å². The van der Waals surface area contributed by atoms with E-state index >= 15 is 0 Å². The Labute approximate surface area is 92.8 Å². The van der Waals surface area contributed by atoms with Crippen molar-refractivity contribution in [2.24, 2.45) is 0 Å². The van der Waals surface area contributed by atoms with Gasteiger partial charge in [0.15, 0.2) is 0 Å². The average molecular weight is 202 g/mol. The molecule has 0 rings (SSSR count). The molecule has 0 spiro atoms. The summed E-state index contributed by atoms with van der Waals surface area (Å²) >= 11 is 0. The van der Waals surface area contributed by atoms with Gasteiger partial charge in [0.2, 0.25) is 0 Å². The Balaban J connectivity index is 0. The topological polar surface area (TPSA) is 83.5 Å². The Kier molecular flexibility index (Phi) is 8.07. The largest absolute Gasteiger partial charge is 1.00 e. The van der Waals surface area contributed by atoms with Gasteiger partial charge in [0.25, 0.3) is 0 Å². The molecule has 0 aliphatic rings. The molecule has 0 aromatic carbocycles. The van der Waals surface area contributed by atoms with Crippen LogP contribution < -0.4 is 29.6 Å². The van der Waals surface area contributed by atoms with Crippen molar-refractivity contribution in [1.29, 1.82) is 0 Å². The monoisotopic (exact) mass is 202 g/mol. The molecule has 0 fully saturated rings. The van der Waals surface area contributed by atoms with Gasteiger partial charge in [0, 0.05) is 0 Å². The van der Waals surface area contributed by atoms with Crippen molar-refractivity contribution >= 4 is 16.1 Å². The van der Waals surface area contributed by atoms with E-state index in [2.05, 4.69) is 11.3 Å². The number of hydrogen-bond acceptors (Lipinski definition) is 5. The molecule has 0 atom stereocenters. The molecule has 0 aromatic rings. The van der Waals surface area contributed by atoms with E-state index in [1.165, 1.54) is 6.08 Å². The van der Waals surface area contributed by atoms with Gasteiger partial charge >= 0.3 is 35.5 Å². The summed E-state index contributed by atoms with van der Waals surface area (Å²) in [6.07, 6.45) is 1.27. The molecular formula is C5H7NaO5S. The molecule has 0 saturated heterocycles. The third kappa shape index (κ3) is 10.1. The number of carbonyl (C=O) groups excluding carboxylic acids is 1. The number of rotatable bonds is 4. The van der Waals surface area contributed by atoms with E-state index < -0.39 is 21.8 Å². The van der Waals surface area contributed by atoms with Crippen LogP contribution in [0.25, 0.3) is 0 Å². The summed E-state index contributed by atoms with van der Waals surface area (Å²) in [7, 11) is -4.51. The van der Waals surface area contributed by atoms with Crippen molar-refractivity contribution in [2.75, 3.05) is 12.4 Å². The van der Waals surface area contributed by atoms with Gasteiger partial charge in [-0.2, -0.15) is 0 Å². The second-order valence-electron chi connectivity index (χ2n) is 1.67. The first-order valence-corrected chi connectivity index (χ1v) is 4.23. The molecule has 0 aromatic heterocycles. The maximum atomic E-state index is 10.4. The first-order chi connectivity index (χ1) is 4.95. The molecule has 5 nitrogen and oxygen atoms in total. The van der Waals surface area contributed by atoms with E-state index in [4.69, 9.17) is 0 Å². The Morgan fingerprint density at radius 3 is 2.42 bits per heavy atom. The van der Waals surface area contributed by atoms with E-state index in [1.54, 1.807) is 0 Å². The van der Waals surface area contributed by atoms with Crippen LogP contribution >= 0.6 is 0 Å². The average Bonchev–Trinajstić information content (AvgIpc) is 1.79. The van der Waals surface area contributed by atoms with Gasteiger partial charge in [-0.25, -0.2) is 8.42 Å². The molecule has 0 saturated carbocycles. The molecule has 7 heteroatoms. The fourth-order valence-corrected chi connectivity index (χ4v) is 0.710. The van der Waals surface area contributed by atoms with E-state index in [9.17, 15) is 17.8 Å². The molecule has 12 heavy (non-hydrogen) atoms. The minimum atomic E-state index is -4.51. The Morgan fingerprint density at radius 2 is 2.08 bits per heavy atom. The molecule has 0 radical (unpaired) electrons. The molecule has 0 amide bonds. The quantitative estimate of drug-likeness (QED) is 0.202. The molecule has 0 aliphatic heterocycles. The molecule has 0 N–H and O–H groups in total. The van der Waals surface area contributed by atoms with Crippen LogP contribution in [0.3, 0.4) is 0 Å². The Morgan fingerprint density at radius 1 is 1.58 bits per heavy atom. The number of esters is 1. The standard InChI is InChI=1S/C5H8O5S.Na/c1-2-3-10-5(6)4-11(7,8)9;/h2H,1,3-4H2,(H,7,8,9);/q;+1/p-1. The first-order valence-electron chi connectivity index (χ1n) is 2.66. The zero-order chi connectivity index (χ0) is 8.91. The molecule has 0 heterocycles. The van der Waals surface area contributed by atoms with Crippen molar-refractivity contribution in [3.05, 3.63) is 12.7 Å². The summed E-state index contributed by atoms with van der Waals surface area (Å²) in [5, 5.41) is 0. The van der Waals surface area contributed by atoms with Crippen LogP contribution in [0.4, 0.5) is 0 Å². The third-order valence-corrected chi connectivity index (χ3v) is 1.25. The van der Waals surface area contributed by atoms with Crippen LogP contribution in [-0.4, -0.2) is 31.3 Å². The Hall–Kier alpha value is 0.120. The summed E-state index contributed by atoms with van der Waals surface area (Å²) in [4.78, 5) is 10.4. The van der Waals surface area contributed by atoms with Crippen molar-refractivity contribution in [3.63, 3.8) is 0 Å². The predicted molar refractivity (Wildman–Crippen MR) is 35.7 cm³/mol. The summed E-state index contributed by atoms with van der Waals surface area (Å²) in [6, 6.07) is 0. The normalized spacial score (nSPS) is 9.75. The van der Waals surface area contributed by atoms with Gasteiger partial charge in [-0.3, -0.25) is 4.79 Å². The maximum absolute atomic E-state index is 10.4. The second kappa shape index (κ2) is 6.62. The minimum Gasteiger partial charge on any atom is -0.748 e. The molecule has 0 bridgehead atoms. The third-order valence-electron chi connectivity index (χ3n) is 0.657. The van der Waals surface area contributed by atoms with Crippen LogP contribution in [-0.2, 0) is 19.6 Å². The number of hydrogen-bond donors (Lipinski definition) is 0. The molecule has 0 aliphatic carbocycles. The summed E-state index contributed by atoms with van der Waals surface area (Å²) < 4.78 is 34.0. The van der Waals surface area contributed by atoms with Crippen molar-refractivity contribution < 1.29 is 52.1 Å². The summed E-state index contributed by atoms with van der Waals surface area (Å²) in [6.45, 7) is 3.14. The van der Waals surface area contributed by atoms with Gasteiger partial charge in [0.05, 0.1) is 0 Å². The van der Waals surface area contributed by atoms with Gasteiger partial charge < -0.3 is 9.29 Å². The smallest absolute Gasteiger partial charge is 0.748 e. The fraction of sp³-hybridized carbons (Fsp3) is 0.400. The fourth-order valence-electron chi connectivity index (χ4n) is 0.338. The SMILES string of the molecule is C=CCOC(=O)CS(=O)(=O)[O-].[Na+]. The number of carbonyl (C=O) groups is 1. The molecule has 64 valence electrons. The minimum absolute atomic E-state index is 0. The van der Waals surface area contributed by atoms with Gasteiger partial charge in [0.1, 0.15) is 22.5 Å².